The Morgan fingerprint density at radius 2 is 1.36 bits per heavy atom. The number of alkyl carbamates (subject to hydrolysis) is 1. The van der Waals surface area contributed by atoms with Crippen molar-refractivity contribution in [3.8, 4) is 0 Å². The molecule has 0 saturated heterocycles. The molecule has 0 saturated carbocycles. The zero-order valence-electron chi connectivity index (χ0n) is 27.6. The van der Waals surface area contributed by atoms with Crippen molar-refractivity contribution in [2.24, 2.45) is 0 Å². The summed E-state index contributed by atoms with van der Waals surface area (Å²) in [6, 6.07) is 19.5. The van der Waals surface area contributed by atoms with Crippen molar-refractivity contribution in [3.63, 3.8) is 0 Å². The molecule has 0 bridgehead atoms. The number of rotatable bonds is 12. The molecule has 0 fully saturated rings. The van der Waals surface area contributed by atoms with Gasteiger partial charge in [-0.05, 0) is 88.3 Å². The van der Waals surface area contributed by atoms with Gasteiger partial charge in [0.2, 0.25) is 5.91 Å². The SMILES string of the molecule is CCCCCN(C(=O)C(Cc1ccccc1)NC(=O)OC(C)(C)C)C(C(=O)Nc1c(C)cccc1C)c1c(C)cccc1C. The normalized spacial score (nSPS) is 12.6. The van der Waals surface area contributed by atoms with Gasteiger partial charge >= 0.3 is 6.09 Å². The summed E-state index contributed by atoms with van der Waals surface area (Å²) in [5.74, 6) is -0.625. The fourth-order valence-electron chi connectivity index (χ4n) is 5.49. The lowest BCUT2D eigenvalue weighted by Crippen LogP contribution is -2.53. The largest absolute Gasteiger partial charge is 0.444 e. The van der Waals surface area contributed by atoms with E-state index in [9.17, 15) is 14.4 Å². The van der Waals surface area contributed by atoms with E-state index in [-0.39, 0.29) is 18.2 Å². The Hall–Kier alpha value is -4.13. The summed E-state index contributed by atoms with van der Waals surface area (Å²) in [5, 5.41) is 6.02. The maximum absolute atomic E-state index is 14.7. The Labute approximate surface area is 263 Å². The first kappa shape index (κ1) is 34.4. The maximum atomic E-state index is 14.7. The van der Waals surface area contributed by atoms with Gasteiger partial charge in [0.15, 0.2) is 0 Å². The highest BCUT2D eigenvalue weighted by atomic mass is 16.6. The van der Waals surface area contributed by atoms with Gasteiger partial charge in [-0.3, -0.25) is 9.59 Å². The zero-order chi connectivity index (χ0) is 32.4. The summed E-state index contributed by atoms with van der Waals surface area (Å²) >= 11 is 0. The van der Waals surface area contributed by atoms with E-state index >= 15 is 0 Å². The van der Waals surface area contributed by atoms with Gasteiger partial charge in [-0.1, -0.05) is 86.5 Å². The van der Waals surface area contributed by atoms with Crippen LogP contribution in [0.25, 0.3) is 0 Å². The first-order chi connectivity index (χ1) is 20.8. The monoisotopic (exact) mass is 599 g/mol. The first-order valence-corrected chi connectivity index (χ1v) is 15.6. The molecule has 44 heavy (non-hydrogen) atoms. The topological polar surface area (TPSA) is 87.7 Å². The van der Waals surface area contributed by atoms with E-state index in [0.29, 0.717) is 13.0 Å². The Kier molecular flexibility index (Phi) is 12.1. The summed E-state index contributed by atoms with van der Waals surface area (Å²) in [4.78, 5) is 43.9. The zero-order valence-corrected chi connectivity index (χ0v) is 27.6. The number of aryl methyl sites for hydroxylation is 4. The predicted octanol–water partition coefficient (Wildman–Crippen LogP) is 7.75. The third-order valence-corrected chi connectivity index (χ3v) is 7.66. The lowest BCUT2D eigenvalue weighted by molar-refractivity contribution is -0.141. The Bertz CT molecular complexity index is 1390. The van der Waals surface area contributed by atoms with Crippen LogP contribution >= 0.6 is 0 Å². The Balaban J connectivity index is 2.14. The van der Waals surface area contributed by atoms with Crippen LogP contribution in [0.1, 0.15) is 86.4 Å². The van der Waals surface area contributed by atoms with Crippen LogP contribution in [0.3, 0.4) is 0 Å². The van der Waals surface area contributed by atoms with Gasteiger partial charge in [0.25, 0.3) is 5.91 Å². The first-order valence-electron chi connectivity index (χ1n) is 15.6. The van der Waals surface area contributed by atoms with Gasteiger partial charge in [0.1, 0.15) is 17.7 Å². The van der Waals surface area contributed by atoms with Crippen molar-refractivity contribution in [1.29, 1.82) is 0 Å². The second-order valence-electron chi connectivity index (χ2n) is 12.6. The molecule has 3 rings (SSSR count). The molecule has 0 aliphatic carbocycles. The average Bonchev–Trinajstić information content (AvgIpc) is 2.94. The van der Waals surface area contributed by atoms with E-state index in [1.165, 1.54) is 0 Å². The summed E-state index contributed by atoms with van der Waals surface area (Å²) in [7, 11) is 0. The number of carbonyl (C=O) groups is 3. The summed E-state index contributed by atoms with van der Waals surface area (Å²) in [6.45, 7) is 15.7. The number of nitrogens with zero attached hydrogens (tertiary/aromatic N) is 1. The molecular formula is C37H49N3O4. The number of benzene rings is 3. The fraction of sp³-hybridized carbons (Fsp3) is 0.432. The van der Waals surface area contributed by atoms with Crippen LogP contribution in [0, 0.1) is 27.7 Å². The van der Waals surface area contributed by atoms with E-state index in [4.69, 9.17) is 4.74 Å². The lowest BCUT2D eigenvalue weighted by Gasteiger charge is -2.36. The molecule has 3 amide bonds. The molecule has 0 spiro atoms. The minimum Gasteiger partial charge on any atom is -0.444 e. The number of para-hydroxylation sites is 1. The molecule has 2 unspecified atom stereocenters. The quantitative estimate of drug-likeness (QED) is 0.208. The third kappa shape index (κ3) is 9.43. The van der Waals surface area contributed by atoms with Crippen LogP contribution < -0.4 is 10.6 Å². The lowest BCUT2D eigenvalue weighted by atomic mass is 9.92. The van der Waals surface area contributed by atoms with Gasteiger partial charge in [-0.25, -0.2) is 4.79 Å². The van der Waals surface area contributed by atoms with Crippen LogP contribution in [0.2, 0.25) is 0 Å². The minimum atomic E-state index is -0.950. The molecule has 0 aliphatic rings. The summed E-state index contributed by atoms with van der Waals surface area (Å²) in [5.41, 5.74) is 5.39. The van der Waals surface area contributed by atoms with Crippen molar-refractivity contribution < 1.29 is 19.1 Å². The molecule has 236 valence electrons. The highest BCUT2D eigenvalue weighted by Crippen LogP contribution is 2.31. The van der Waals surface area contributed by atoms with Crippen molar-refractivity contribution >= 4 is 23.6 Å². The highest BCUT2D eigenvalue weighted by Gasteiger charge is 2.37. The van der Waals surface area contributed by atoms with Crippen molar-refractivity contribution in [1.82, 2.24) is 10.2 Å². The van der Waals surface area contributed by atoms with Crippen LogP contribution in [-0.4, -0.2) is 41.0 Å². The highest BCUT2D eigenvalue weighted by molar-refractivity contribution is 6.00. The minimum absolute atomic E-state index is 0.251. The summed E-state index contributed by atoms with van der Waals surface area (Å²) in [6.07, 6.45) is 2.13. The molecule has 0 heterocycles. The molecule has 0 aromatic heterocycles. The maximum Gasteiger partial charge on any atom is 0.408 e. The average molecular weight is 600 g/mol. The molecule has 3 aromatic rings. The van der Waals surface area contributed by atoms with E-state index in [1.54, 1.807) is 25.7 Å². The molecule has 0 radical (unpaired) electrons. The Morgan fingerprint density at radius 3 is 1.91 bits per heavy atom. The predicted molar refractivity (Wildman–Crippen MR) is 178 cm³/mol. The van der Waals surface area contributed by atoms with Crippen LogP contribution in [-0.2, 0) is 20.7 Å². The van der Waals surface area contributed by atoms with Gasteiger partial charge in [-0.15, -0.1) is 0 Å². The molecule has 0 aliphatic heterocycles. The smallest absolute Gasteiger partial charge is 0.408 e. The van der Waals surface area contributed by atoms with Gasteiger partial charge in [-0.2, -0.15) is 0 Å². The molecule has 7 nitrogen and oxygen atoms in total. The fourth-order valence-corrected chi connectivity index (χ4v) is 5.49. The molecule has 2 atom stereocenters. The molecule has 2 N–H and O–H groups in total. The van der Waals surface area contributed by atoms with Crippen LogP contribution in [0.4, 0.5) is 10.5 Å². The number of hydrogen-bond donors (Lipinski definition) is 2. The van der Waals surface area contributed by atoms with E-state index in [0.717, 1.165) is 51.9 Å². The number of carbonyl (C=O) groups excluding carboxylic acids is 3. The van der Waals surface area contributed by atoms with Crippen LogP contribution in [0.15, 0.2) is 66.7 Å². The number of hydrogen-bond acceptors (Lipinski definition) is 4. The number of amides is 3. The standard InChI is InChI=1S/C37H49N3O4/c1-9-10-14-23-40(35(42)30(24-29-21-12-11-13-22-29)38-36(43)44-37(6,7)8)33(31-25(2)17-15-18-26(31)3)34(41)39-32-27(4)19-16-20-28(32)5/h11-13,15-22,30,33H,9-10,14,23-24H2,1-8H3,(H,38,43)(H,39,41). The van der Waals surface area contributed by atoms with E-state index in [2.05, 4.69) is 17.6 Å². The number of anilines is 1. The number of unbranched alkanes of at least 4 members (excludes halogenated alkanes) is 2. The van der Waals surface area contributed by atoms with Gasteiger partial charge in [0, 0.05) is 18.7 Å². The Morgan fingerprint density at radius 1 is 0.795 bits per heavy atom. The molecule has 7 heteroatoms. The number of nitrogens with one attached hydrogen (secondary N) is 2. The number of ether oxygens (including phenoxy) is 1. The van der Waals surface area contributed by atoms with Crippen molar-refractivity contribution in [3.05, 3.63) is 100 Å². The van der Waals surface area contributed by atoms with Crippen molar-refractivity contribution in [2.75, 3.05) is 11.9 Å². The molecular weight excluding hydrogens is 550 g/mol. The summed E-state index contributed by atoms with van der Waals surface area (Å²) < 4.78 is 5.57. The van der Waals surface area contributed by atoms with E-state index in [1.807, 2.05) is 94.4 Å². The van der Waals surface area contributed by atoms with Gasteiger partial charge < -0.3 is 20.3 Å². The van der Waals surface area contributed by atoms with Crippen LogP contribution in [0.5, 0.6) is 0 Å². The molecule has 3 aromatic carbocycles. The second kappa shape index (κ2) is 15.6. The van der Waals surface area contributed by atoms with Gasteiger partial charge in [0.05, 0.1) is 0 Å². The van der Waals surface area contributed by atoms with E-state index < -0.39 is 23.8 Å². The van der Waals surface area contributed by atoms with Crippen molar-refractivity contribution in [2.45, 2.75) is 98.8 Å². The second-order valence-corrected chi connectivity index (χ2v) is 12.6. The third-order valence-electron chi connectivity index (χ3n) is 7.66.